The summed E-state index contributed by atoms with van der Waals surface area (Å²) in [6, 6.07) is 9.79. The lowest BCUT2D eigenvalue weighted by Gasteiger charge is -2.26. The Labute approximate surface area is 154 Å². The smallest absolute Gasteiger partial charge is 0.271 e. The van der Waals surface area contributed by atoms with Crippen molar-refractivity contribution < 1.29 is 9.59 Å². The third-order valence-corrected chi connectivity index (χ3v) is 4.47. The van der Waals surface area contributed by atoms with Crippen molar-refractivity contribution in [2.24, 2.45) is 0 Å². The minimum atomic E-state index is -0.566. The maximum atomic E-state index is 12.7. The lowest BCUT2D eigenvalue weighted by molar-refractivity contribution is -0.139. The van der Waals surface area contributed by atoms with E-state index < -0.39 is 11.8 Å². The van der Waals surface area contributed by atoms with Gasteiger partial charge in [0, 0.05) is 30.9 Å². The van der Waals surface area contributed by atoms with Gasteiger partial charge >= 0.3 is 0 Å². The molecule has 0 saturated carbocycles. The monoisotopic (exact) mass is 349 g/mol. The van der Waals surface area contributed by atoms with Crippen molar-refractivity contribution in [2.45, 2.75) is 20.8 Å². The molecular formula is C21H23N3O2. The summed E-state index contributed by atoms with van der Waals surface area (Å²) in [5, 5.41) is 9.31. The van der Waals surface area contributed by atoms with Crippen molar-refractivity contribution in [3.63, 3.8) is 0 Å². The SMILES string of the molecule is C=CCN1C(=O)C(C#N)=C(C)/C(=C\c2ccc(N(CC)CC)cc2)C1=O. The summed E-state index contributed by atoms with van der Waals surface area (Å²) in [5.74, 6) is -0.969. The van der Waals surface area contributed by atoms with Crippen LogP contribution >= 0.6 is 0 Å². The number of carbonyl (C=O) groups is 2. The van der Waals surface area contributed by atoms with Gasteiger partial charge < -0.3 is 4.90 Å². The maximum absolute atomic E-state index is 12.7. The third-order valence-electron chi connectivity index (χ3n) is 4.47. The zero-order valence-corrected chi connectivity index (χ0v) is 15.5. The number of amides is 2. The Bertz CT molecular complexity index is 822. The molecule has 0 N–H and O–H groups in total. The van der Waals surface area contributed by atoms with Crippen molar-refractivity contribution in [3.05, 3.63) is 59.2 Å². The normalized spacial score (nSPS) is 16.1. The number of nitrogens with zero attached hydrogens (tertiary/aromatic N) is 3. The summed E-state index contributed by atoms with van der Waals surface area (Å²) in [7, 11) is 0. The van der Waals surface area contributed by atoms with E-state index in [4.69, 9.17) is 0 Å². The first kappa shape index (κ1) is 19.2. The minimum Gasteiger partial charge on any atom is -0.372 e. The summed E-state index contributed by atoms with van der Waals surface area (Å²) in [4.78, 5) is 28.3. The van der Waals surface area contributed by atoms with Crippen molar-refractivity contribution in [3.8, 4) is 6.07 Å². The lowest BCUT2D eigenvalue weighted by Crippen LogP contribution is -2.42. The quantitative estimate of drug-likeness (QED) is 0.449. The highest BCUT2D eigenvalue weighted by molar-refractivity contribution is 6.19. The van der Waals surface area contributed by atoms with Gasteiger partial charge in [-0.05, 0) is 50.1 Å². The minimum absolute atomic E-state index is 0.00235. The number of benzene rings is 1. The van der Waals surface area contributed by atoms with Crippen LogP contribution in [-0.4, -0.2) is 36.3 Å². The molecule has 0 aromatic heterocycles. The molecule has 0 atom stereocenters. The van der Waals surface area contributed by atoms with Crippen molar-refractivity contribution in [1.82, 2.24) is 4.90 Å². The Morgan fingerprint density at radius 1 is 1.15 bits per heavy atom. The Hall–Kier alpha value is -3.13. The molecule has 0 unspecified atom stereocenters. The Morgan fingerprint density at radius 3 is 2.27 bits per heavy atom. The zero-order valence-electron chi connectivity index (χ0n) is 15.5. The standard InChI is InChI=1S/C21H23N3O2/c1-5-12-24-20(25)18(15(4)19(14-22)21(24)26)13-16-8-10-17(11-9-16)23(6-2)7-3/h5,8-11,13H,1,6-7,12H2,2-4H3/b18-13+. The average molecular weight is 349 g/mol. The van der Waals surface area contributed by atoms with Crippen molar-refractivity contribution in [1.29, 1.82) is 5.26 Å². The van der Waals surface area contributed by atoms with Gasteiger partial charge in [-0.25, -0.2) is 0 Å². The van der Waals surface area contributed by atoms with Gasteiger partial charge in [-0.15, -0.1) is 6.58 Å². The van der Waals surface area contributed by atoms with Crippen LogP contribution in [0.3, 0.4) is 0 Å². The van der Waals surface area contributed by atoms with Crippen molar-refractivity contribution in [2.75, 3.05) is 24.5 Å². The van der Waals surface area contributed by atoms with Gasteiger partial charge in [0.25, 0.3) is 11.8 Å². The van der Waals surface area contributed by atoms with E-state index in [9.17, 15) is 14.9 Å². The van der Waals surface area contributed by atoms with Gasteiger partial charge in [0.05, 0.1) is 0 Å². The molecule has 1 aliphatic heterocycles. The van der Waals surface area contributed by atoms with Gasteiger partial charge in [-0.3, -0.25) is 14.5 Å². The average Bonchev–Trinajstić information content (AvgIpc) is 2.65. The molecule has 0 fully saturated rings. The molecule has 1 aromatic carbocycles. The van der Waals surface area contributed by atoms with Crippen LogP contribution in [0.15, 0.2) is 53.6 Å². The second-order valence-electron chi connectivity index (χ2n) is 5.94. The fraction of sp³-hybridized carbons (Fsp3) is 0.286. The first-order valence-corrected chi connectivity index (χ1v) is 8.63. The lowest BCUT2D eigenvalue weighted by atomic mass is 9.93. The molecule has 2 rings (SSSR count). The first-order valence-electron chi connectivity index (χ1n) is 8.63. The fourth-order valence-corrected chi connectivity index (χ4v) is 2.96. The molecule has 5 nitrogen and oxygen atoms in total. The number of imide groups is 1. The number of rotatable bonds is 6. The fourth-order valence-electron chi connectivity index (χ4n) is 2.96. The summed E-state index contributed by atoms with van der Waals surface area (Å²) in [6.07, 6.45) is 3.20. The van der Waals surface area contributed by atoms with E-state index in [2.05, 4.69) is 25.3 Å². The summed E-state index contributed by atoms with van der Waals surface area (Å²) >= 11 is 0. The van der Waals surface area contributed by atoms with E-state index in [-0.39, 0.29) is 12.1 Å². The number of hydrogen-bond donors (Lipinski definition) is 0. The summed E-state index contributed by atoms with van der Waals surface area (Å²) in [6.45, 7) is 11.3. The number of nitriles is 1. The van der Waals surface area contributed by atoms with Crippen LogP contribution in [0.4, 0.5) is 5.69 Å². The largest absolute Gasteiger partial charge is 0.372 e. The number of carbonyl (C=O) groups excluding carboxylic acids is 2. The van der Waals surface area contributed by atoms with E-state index in [1.807, 2.05) is 30.3 Å². The zero-order chi connectivity index (χ0) is 19.3. The molecule has 1 heterocycles. The highest BCUT2D eigenvalue weighted by atomic mass is 16.2. The Morgan fingerprint density at radius 2 is 1.77 bits per heavy atom. The molecular weight excluding hydrogens is 326 g/mol. The molecule has 0 radical (unpaired) electrons. The molecule has 1 aromatic rings. The van der Waals surface area contributed by atoms with Crippen LogP contribution in [0.2, 0.25) is 0 Å². The van der Waals surface area contributed by atoms with E-state index in [1.165, 1.54) is 6.08 Å². The van der Waals surface area contributed by atoms with Gasteiger partial charge in [-0.1, -0.05) is 18.2 Å². The van der Waals surface area contributed by atoms with Crippen LogP contribution < -0.4 is 4.90 Å². The molecule has 0 saturated heterocycles. The molecule has 2 amide bonds. The second-order valence-corrected chi connectivity index (χ2v) is 5.94. The van der Waals surface area contributed by atoms with Crippen molar-refractivity contribution >= 4 is 23.6 Å². The van der Waals surface area contributed by atoms with Gasteiger partial charge in [-0.2, -0.15) is 5.26 Å². The second kappa shape index (κ2) is 8.30. The maximum Gasteiger partial charge on any atom is 0.271 e. The van der Waals surface area contributed by atoms with E-state index in [0.29, 0.717) is 11.1 Å². The molecule has 1 aliphatic rings. The summed E-state index contributed by atoms with van der Waals surface area (Å²) in [5.41, 5.74) is 2.72. The van der Waals surface area contributed by atoms with Gasteiger partial charge in [0.2, 0.25) is 0 Å². The van der Waals surface area contributed by atoms with Gasteiger partial charge in [0.15, 0.2) is 0 Å². The van der Waals surface area contributed by atoms with Crippen LogP contribution in [0.25, 0.3) is 6.08 Å². The van der Waals surface area contributed by atoms with Gasteiger partial charge in [0.1, 0.15) is 11.6 Å². The molecule has 26 heavy (non-hydrogen) atoms. The van der Waals surface area contributed by atoms with E-state index in [0.717, 1.165) is 29.2 Å². The Balaban J connectivity index is 2.46. The highest BCUT2D eigenvalue weighted by Crippen LogP contribution is 2.27. The predicted octanol–water partition coefficient (Wildman–Crippen LogP) is 3.31. The molecule has 134 valence electrons. The topological polar surface area (TPSA) is 64.4 Å². The van der Waals surface area contributed by atoms with E-state index >= 15 is 0 Å². The Kier molecular flexibility index (Phi) is 6.13. The van der Waals surface area contributed by atoms with Crippen LogP contribution in [0.1, 0.15) is 26.3 Å². The molecule has 0 bridgehead atoms. The van der Waals surface area contributed by atoms with Crippen LogP contribution in [-0.2, 0) is 9.59 Å². The predicted molar refractivity (Wildman–Crippen MR) is 103 cm³/mol. The van der Waals surface area contributed by atoms with Crippen LogP contribution in [0.5, 0.6) is 0 Å². The number of anilines is 1. The molecule has 0 spiro atoms. The molecule has 0 aliphatic carbocycles. The third kappa shape index (κ3) is 3.60. The first-order chi connectivity index (χ1) is 12.5. The van der Waals surface area contributed by atoms with Crippen LogP contribution in [0, 0.1) is 11.3 Å². The summed E-state index contributed by atoms with van der Waals surface area (Å²) < 4.78 is 0. The number of hydrogen-bond acceptors (Lipinski definition) is 4. The highest BCUT2D eigenvalue weighted by Gasteiger charge is 2.34. The molecule has 5 heteroatoms. The van der Waals surface area contributed by atoms with E-state index in [1.54, 1.807) is 13.0 Å².